The molecule has 0 spiro atoms. The molecule has 20 heavy (non-hydrogen) atoms. The molecule has 1 amide bonds. The number of nitrogens with two attached hydrogens (primary N) is 1. The lowest BCUT2D eigenvalue weighted by Gasteiger charge is -2.08. The van der Waals surface area contributed by atoms with Crippen molar-refractivity contribution >= 4 is 29.0 Å². The van der Waals surface area contributed by atoms with Crippen molar-refractivity contribution in [2.75, 3.05) is 17.9 Å². The van der Waals surface area contributed by atoms with Crippen LogP contribution >= 0.6 is 11.6 Å². The molecule has 0 unspecified atom stereocenters. The molecule has 0 radical (unpaired) electrons. The highest BCUT2D eigenvalue weighted by atomic mass is 35.5. The summed E-state index contributed by atoms with van der Waals surface area (Å²) in [5.41, 5.74) is 2.94. The van der Waals surface area contributed by atoms with Crippen molar-refractivity contribution in [1.82, 2.24) is 9.97 Å². The Kier molecular flexibility index (Phi) is 4.34. The summed E-state index contributed by atoms with van der Waals surface area (Å²) in [6.07, 6.45) is 1.52. The number of rotatable bonds is 4. The molecule has 2 aromatic heterocycles. The third-order valence-electron chi connectivity index (χ3n) is 2.41. The van der Waals surface area contributed by atoms with Crippen LogP contribution in [0.4, 0.5) is 11.5 Å². The summed E-state index contributed by atoms with van der Waals surface area (Å²) in [5, 5.41) is 2.88. The van der Waals surface area contributed by atoms with Crippen LogP contribution in [0.3, 0.4) is 0 Å². The molecule has 2 heterocycles. The van der Waals surface area contributed by atoms with Gasteiger partial charge in [-0.3, -0.25) is 4.79 Å². The lowest BCUT2D eigenvalue weighted by molar-refractivity contribution is 0.102. The maximum Gasteiger partial charge on any atom is 0.275 e. The Hall–Kier alpha value is -2.38. The second-order valence-corrected chi connectivity index (χ2v) is 4.12. The number of carbonyl (C=O) groups excluding carboxylic acids is 1. The van der Waals surface area contributed by atoms with E-state index in [0.29, 0.717) is 17.4 Å². The molecular formula is C12H12ClN5O2. The van der Waals surface area contributed by atoms with E-state index in [1.807, 2.05) is 0 Å². The predicted octanol–water partition coefficient (Wildman–Crippen LogP) is 1.68. The maximum atomic E-state index is 12.1. The molecule has 0 aliphatic heterocycles. The Labute approximate surface area is 120 Å². The van der Waals surface area contributed by atoms with Gasteiger partial charge in [-0.25, -0.2) is 15.8 Å². The highest BCUT2D eigenvalue weighted by molar-refractivity contribution is 6.34. The number of pyridine rings is 2. The van der Waals surface area contributed by atoms with Crippen molar-refractivity contribution < 1.29 is 9.53 Å². The summed E-state index contributed by atoms with van der Waals surface area (Å²) >= 11 is 5.94. The zero-order valence-electron chi connectivity index (χ0n) is 10.6. The molecule has 0 aliphatic rings. The third kappa shape index (κ3) is 3.14. The van der Waals surface area contributed by atoms with Crippen LogP contribution < -0.4 is 21.3 Å². The summed E-state index contributed by atoms with van der Waals surface area (Å²) < 4.78 is 4.97. The Bertz CT molecular complexity index is 635. The maximum absolute atomic E-state index is 12.1. The lowest BCUT2D eigenvalue weighted by Crippen LogP contribution is -2.17. The number of nitrogens with zero attached hydrogens (tertiary/aromatic N) is 2. The van der Waals surface area contributed by atoms with E-state index in [0.717, 1.165) is 0 Å². The Balaban J connectivity index is 2.23. The van der Waals surface area contributed by atoms with E-state index in [-0.39, 0.29) is 10.7 Å². The quantitative estimate of drug-likeness (QED) is 0.585. The lowest BCUT2D eigenvalue weighted by atomic mass is 10.3. The molecule has 4 N–H and O–H groups in total. The smallest absolute Gasteiger partial charge is 0.275 e. The van der Waals surface area contributed by atoms with Gasteiger partial charge in [-0.05, 0) is 18.2 Å². The molecule has 0 bridgehead atoms. The molecule has 104 valence electrons. The normalized spacial score (nSPS) is 9.95. The minimum Gasteiger partial charge on any atom is -0.481 e. The molecular weight excluding hydrogens is 282 g/mol. The molecule has 0 aromatic carbocycles. The number of nitrogen functional groups attached to an aromatic ring is 1. The van der Waals surface area contributed by atoms with Crippen molar-refractivity contribution in [3.8, 4) is 5.88 Å². The van der Waals surface area contributed by atoms with E-state index in [9.17, 15) is 4.79 Å². The summed E-state index contributed by atoms with van der Waals surface area (Å²) in [6.45, 7) is 0. The predicted molar refractivity (Wildman–Crippen MR) is 75.8 cm³/mol. The van der Waals surface area contributed by atoms with Crippen LogP contribution in [0.5, 0.6) is 5.88 Å². The van der Waals surface area contributed by atoms with Crippen LogP contribution in [0.1, 0.15) is 10.5 Å². The Morgan fingerprint density at radius 2 is 2.20 bits per heavy atom. The van der Waals surface area contributed by atoms with Gasteiger partial charge in [-0.2, -0.15) is 0 Å². The average molecular weight is 294 g/mol. The highest BCUT2D eigenvalue weighted by Gasteiger charge is 2.13. The van der Waals surface area contributed by atoms with Gasteiger partial charge in [0.05, 0.1) is 12.1 Å². The zero-order valence-corrected chi connectivity index (χ0v) is 11.3. The number of halogens is 1. The third-order valence-corrected chi connectivity index (χ3v) is 2.72. The van der Waals surface area contributed by atoms with E-state index in [4.69, 9.17) is 22.2 Å². The number of nitrogens with one attached hydrogen (secondary N) is 2. The van der Waals surface area contributed by atoms with E-state index in [1.54, 1.807) is 18.2 Å². The Morgan fingerprint density at radius 3 is 2.90 bits per heavy atom. The number of hydrogen-bond acceptors (Lipinski definition) is 6. The standard InChI is InChI=1S/C12H12ClN5O2/c1-20-10-6-7(4-5-15-10)16-12(19)11-8(13)2-3-9(17-11)18-14/h2-6H,14H2,1H3,(H,17,18)(H,15,16,19). The van der Waals surface area contributed by atoms with E-state index >= 15 is 0 Å². The fraction of sp³-hybridized carbons (Fsp3) is 0.0833. The van der Waals surface area contributed by atoms with Crippen molar-refractivity contribution in [2.24, 2.45) is 5.84 Å². The van der Waals surface area contributed by atoms with Crippen LogP contribution in [0.25, 0.3) is 0 Å². The largest absolute Gasteiger partial charge is 0.481 e. The average Bonchev–Trinajstić information content (AvgIpc) is 2.47. The molecule has 8 heteroatoms. The minimum atomic E-state index is -0.458. The number of hydrazine groups is 1. The summed E-state index contributed by atoms with van der Waals surface area (Å²) in [5.74, 6) is 5.52. The monoisotopic (exact) mass is 293 g/mol. The first kappa shape index (κ1) is 14.0. The molecule has 0 aliphatic carbocycles. The van der Waals surface area contributed by atoms with Gasteiger partial charge in [0.25, 0.3) is 5.91 Å². The number of amides is 1. The van der Waals surface area contributed by atoms with Gasteiger partial charge in [0.1, 0.15) is 11.5 Å². The van der Waals surface area contributed by atoms with Crippen LogP contribution in [-0.4, -0.2) is 23.0 Å². The molecule has 0 atom stereocenters. The van der Waals surface area contributed by atoms with E-state index in [2.05, 4.69) is 20.7 Å². The fourth-order valence-corrected chi connectivity index (χ4v) is 1.66. The first-order chi connectivity index (χ1) is 9.63. The minimum absolute atomic E-state index is 0.0675. The van der Waals surface area contributed by atoms with Crippen molar-refractivity contribution in [3.63, 3.8) is 0 Å². The van der Waals surface area contributed by atoms with Gasteiger partial charge in [-0.15, -0.1) is 0 Å². The fourth-order valence-electron chi connectivity index (χ4n) is 1.47. The van der Waals surface area contributed by atoms with Crippen LogP contribution in [-0.2, 0) is 0 Å². The topological polar surface area (TPSA) is 102 Å². The number of carbonyl (C=O) groups is 1. The first-order valence-electron chi connectivity index (χ1n) is 5.58. The van der Waals surface area contributed by atoms with Crippen molar-refractivity contribution in [3.05, 3.63) is 41.2 Å². The van der Waals surface area contributed by atoms with Gasteiger partial charge in [0.2, 0.25) is 5.88 Å². The highest BCUT2D eigenvalue weighted by Crippen LogP contribution is 2.19. The van der Waals surface area contributed by atoms with E-state index in [1.165, 1.54) is 19.4 Å². The van der Waals surface area contributed by atoms with Gasteiger partial charge >= 0.3 is 0 Å². The summed E-state index contributed by atoms with van der Waals surface area (Å²) in [6, 6.07) is 6.30. The number of hydrogen-bond donors (Lipinski definition) is 3. The van der Waals surface area contributed by atoms with Crippen molar-refractivity contribution in [2.45, 2.75) is 0 Å². The first-order valence-corrected chi connectivity index (χ1v) is 5.96. The van der Waals surface area contributed by atoms with Gasteiger partial charge in [0, 0.05) is 18.0 Å². The molecule has 0 fully saturated rings. The summed E-state index contributed by atoms with van der Waals surface area (Å²) in [7, 11) is 1.49. The zero-order chi connectivity index (χ0) is 14.5. The molecule has 0 saturated carbocycles. The second kappa shape index (κ2) is 6.18. The number of anilines is 2. The van der Waals surface area contributed by atoms with Crippen LogP contribution in [0.2, 0.25) is 5.02 Å². The van der Waals surface area contributed by atoms with Gasteiger partial charge in [0.15, 0.2) is 0 Å². The molecule has 7 nitrogen and oxygen atoms in total. The number of aromatic nitrogens is 2. The van der Waals surface area contributed by atoms with E-state index < -0.39 is 5.91 Å². The van der Waals surface area contributed by atoms with Crippen LogP contribution in [0.15, 0.2) is 30.5 Å². The number of methoxy groups -OCH3 is 1. The molecule has 2 rings (SSSR count). The van der Waals surface area contributed by atoms with Crippen LogP contribution in [0, 0.1) is 0 Å². The Morgan fingerprint density at radius 1 is 1.40 bits per heavy atom. The van der Waals surface area contributed by atoms with Crippen molar-refractivity contribution in [1.29, 1.82) is 0 Å². The number of ether oxygens (including phenoxy) is 1. The van der Waals surface area contributed by atoms with Gasteiger partial charge < -0.3 is 15.5 Å². The second-order valence-electron chi connectivity index (χ2n) is 3.71. The summed E-state index contributed by atoms with van der Waals surface area (Å²) in [4.78, 5) is 20.1. The molecule has 2 aromatic rings. The van der Waals surface area contributed by atoms with Gasteiger partial charge in [-0.1, -0.05) is 11.6 Å². The SMILES string of the molecule is COc1cc(NC(=O)c2nc(NN)ccc2Cl)ccn1. The molecule has 0 saturated heterocycles.